The Hall–Kier alpha value is -2.47. The highest BCUT2D eigenvalue weighted by molar-refractivity contribution is 9.10. The van der Waals surface area contributed by atoms with Crippen molar-refractivity contribution in [3.63, 3.8) is 0 Å². The molecule has 0 unspecified atom stereocenters. The van der Waals surface area contributed by atoms with E-state index in [9.17, 15) is 4.79 Å². The minimum absolute atomic E-state index is 0.128. The molecule has 3 aromatic rings. The molecule has 25 heavy (non-hydrogen) atoms. The van der Waals surface area contributed by atoms with Gasteiger partial charge in [0.2, 0.25) is 0 Å². The van der Waals surface area contributed by atoms with E-state index in [0.29, 0.717) is 17.9 Å². The summed E-state index contributed by atoms with van der Waals surface area (Å²) in [5, 5.41) is 6.59. The summed E-state index contributed by atoms with van der Waals surface area (Å²) in [6.45, 7) is 3.97. The molecule has 0 saturated heterocycles. The fourth-order valence-electron chi connectivity index (χ4n) is 2.40. The Balaban J connectivity index is 1.85. The van der Waals surface area contributed by atoms with Crippen LogP contribution in [0.5, 0.6) is 5.75 Å². The van der Waals surface area contributed by atoms with Crippen molar-refractivity contribution >= 4 is 15.9 Å². The number of hydrogen-bond acceptors (Lipinski definition) is 4. The molecule has 1 N–H and O–H groups in total. The van der Waals surface area contributed by atoms with Crippen LogP contribution in [-0.2, 0) is 6.42 Å². The van der Waals surface area contributed by atoms with Crippen LogP contribution < -0.4 is 10.3 Å². The van der Waals surface area contributed by atoms with Crippen LogP contribution in [-0.4, -0.2) is 21.3 Å². The molecule has 0 bridgehead atoms. The summed E-state index contributed by atoms with van der Waals surface area (Å²) in [6.07, 6.45) is 0.559. The Kier molecular flexibility index (Phi) is 5.28. The van der Waals surface area contributed by atoms with Gasteiger partial charge < -0.3 is 4.74 Å². The van der Waals surface area contributed by atoms with Crippen LogP contribution >= 0.6 is 15.9 Å². The maximum Gasteiger partial charge on any atom is 0.286 e. The summed E-state index contributed by atoms with van der Waals surface area (Å²) in [7, 11) is 0. The van der Waals surface area contributed by atoms with E-state index < -0.39 is 0 Å². The van der Waals surface area contributed by atoms with Crippen molar-refractivity contribution in [2.75, 3.05) is 0 Å². The second-order valence-electron chi connectivity index (χ2n) is 5.93. The number of nitrogens with zero attached hydrogens (tertiary/aromatic N) is 2. The molecule has 0 amide bonds. The van der Waals surface area contributed by atoms with Crippen molar-refractivity contribution in [3.8, 4) is 17.1 Å². The summed E-state index contributed by atoms with van der Waals surface area (Å²) in [6, 6.07) is 15.3. The normalized spacial score (nSPS) is 10.9. The van der Waals surface area contributed by atoms with Crippen LogP contribution in [0.15, 0.2) is 57.8 Å². The zero-order chi connectivity index (χ0) is 17.8. The van der Waals surface area contributed by atoms with Gasteiger partial charge in [-0.15, -0.1) is 0 Å². The van der Waals surface area contributed by atoms with Gasteiger partial charge in [0, 0.05) is 16.5 Å². The summed E-state index contributed by atoms with van der Waals surface area (Å²) < 4.78 is 6.57. The quantitative estimate of drug-likeness (QED) is 0.704. The van der Waals surface area contributed by atoms with Gasteiger partial charge in [-0.2, -0.15) is 5.10 Å². The lowest BCUT2D eigenvalue weighted by Crippen LogP contribution is -2.18. The number of ether oxygens (including phenoxy) is 1. The lowest BCUT2D eigenvalue weighted by molar-refractivity contribution is 0.242. The van der Waals surface area contributed by atoms with Crippen molar-refractivity contribution in [3.05, 3.63) is 74.6 Å². The Bertz CT molecular complexity index is 920. The van der Waals surface area contributed by atoms with Crippen LogP contribution in [0.4, 0.5) is 0 Å². The average molecular weight is 400 g/mol. The molecule has 1 heterocycles. The molecule has 0 spiro atoms. The number of benzene rings is 2. The summed E-state index contributed by atoms with van der Waals surface area (Å²) in [4.78, 5) is 16.5. The van der Waals surface area contributed by atoms with E-state index in [-0.39, 0.29) is 11.7 Å². The highest BCUT2D eigenvalue weighted by Gasteiger charge is 2.09. The number of rotatable bonds is 5. The lowest BCUT2D eigenvalue weighted by Gasteiger charge is -2.10. The van der Waals surface area contributed by atoms with Crippen molar-refractivity contribution in [2.24, 2.45) is 0 Å². The fraction of sp³-hybridized carbons (Fsp3) is 0.211. The Morgan fingerprint density at radius 1 is 1.16 bits per heavy atom. The molecule has 5 nitrogen and oxygen atoms in total. The number of aromatic nitrogens is 3. The van der Waals surface area contributed by atoms with Gasteiger partial charge in [0.15, 0.2) is 5.82 Å². The summed E-state index contributed by atoms with van der Waals surface area (Å²) in [5.74, 6) is 1.31. The second-order valence-corrected chi connectivity index (χ2v) is 6.85. The molecule has 128 valence electrons. The predicted molar refractivity (Wildman–Crippen MR) is 101 cm³/mol. The van der Waals surface area contributed by atoms with Crippen molar-refractivity contribution in [1.29, 1.82) is 0 Å². The molecular weight excluding hydrogens is 382 g/mol. The molecule has 0 radical (unpaired) electrons. The molecule has 1 aromatic heterocycles. The Morgan fingerprint density at radius 3 is 2.60 bits per heavy atom. The first kappa shape index (κ1) is 17.4. The first-order chi connectivity index (χ1) is 12.0. The summed E-state index contributed by atoms with van der Waals surface area (Å²) in [5.41, 5.74) is 1.98. The monoisotopic (exact) mass is 399 g/mol. The van der Waals surface area contributed by atoms with Crippen molar-refractivity contribution in [2.45, 2.75) is 26.4 Å². The number of H-pyrrole nitrogens is 1. The van der Waals surface area contributed by atoms with E-state index in [1.165, 1.54) is 0 Å². The summed E-state index contributed by atoms with van der Waals surface area (Å²) >= 11 is 3.43. The third-order valence-electron chi connectivity index (χ3n) is 3.52. The van der Waals surface area contributed by atoms with Crippen LogP contribution in [0.1, 0.15) is 25.1 Å². The SMILES string of the molecule is CC(C)Oc1ccc(Cc2nc(-c3cccc(Br)c3)n[nH]c2=O)cc1. The molecule has 0 atom stereocenters. The molecule has 2 aromatic carbocycles. The van der Waals surface area contributed by atoms with Gasteiger partial charge in [-0.1, -0.05) is 40.2 Å². The third kappa shape index (κ3) is 4.54. The minimum Gasteiger partial charge on any atom is -0.491 e. The fourth-order valence-corrected chi connectivity index (χ4v) is 2.80. The van der Waals surface area contributed by atoms with Crippen LogP contribution in [0.3, 0.4) is 0 Å². The topological polar surface area (TPSA) is 67.9 Å². The molecule has 3 rings (SSSR count). The maximum absolute atomic E-state index is 12.1. The van der Waals surface area contributed by atoms with Crippen LogP contribution in [0.2, 0.25) is 0 Å². The molecule has 0 fully saturated rings. The molecular formula is C19H18BrN3O2. The third-order valence-corrected chi connectivity index (χ3v) is 4.01. The largest absolute Gasteiger partial charge is 0.491 e. The van der Waals surface area contributed by atoms with E-state index in [1.807, 2.05) is 62.4 Å². The van der Waals surface area contributed by atoms with E-state index >= 15 is 0 Å². The molecule has 6 heteroatoms. The maximum atomic E-state index is 12.1. The van der Waals surface area contributed by atoms with Gasteiger partial charge in [-0.3, -0.25) is 4.79 Å². The number of aromatic amines is 1. The van der Waals surface area contributed by atoms with E-state index in [2.05, 4.69) is 31.1 Å². The number of hydrogen-bond donors (Lipinski definition) is 1. The lowest BCUT2D eigenvalue weighted by atomic mass is 10.1. The van der Waals surface area contributed by atoms with Gasteiger partial charge >= 0.3 is 0 Å². The first-order valence-corrected chi connectivity index (χ1v) is 8.77. The van der Waals surface area contributed by atoms with Gasteiger partial charge in [0.25, 0.3) is 5.56 Å². The highest BCUT2D eigenvalue weighted by Crippen LogP contribution is 2.20. The number of halogens is 1. The second kappa shape index (κ2) is 7.61. The Morgan fingerprint density at radius 2 is 1.92 bits per heavy atom. The zero-order valence-corrected chi connectivity index (χ0v) is 15.6. The Labute approximate surface area is 154 Å². The highest BCUT2D eigenvalue weighted by atomic mass is 79.9. The van der Waals surface area contributed by atoms with Crippen molar-refractivity contribution < 1.29 is 4.74 Å². The molecule has 0 saturated carbocycles. The first-order valence-electron chi connectivity index (χ1n) is 7.98. The molecule has 0 aliphatic carbocycles. The average Bonchev–Trinajstić information content (AvgIpc) is 2.58. The van der Waals surface area contributed by atoms with Crippen molar-refractivity contribution in [1.82, 2.24) is 15.2 Å². The predicted octanol–water partition coefficient (Wildman–Crippen LogP) is 3.97. The zero-order valence-electron chi connectivity index (χ0n) is 14.0. The van der Waals surface area contributed by atoms with Crippen LogP contribution in [0.25, 0.3) is 11.4 Å². The van der Waals surface area contributed by atoms with Gasteiger partial charge in [0.1, 0.15) is 11.4 Å². The molecule has 0 aliphatic rings. The molecule has 0 aliphatic heterocycles. The van der Waals surface area contributed by atoms with Gasteiger partial charge in [-0.25, -0.2) is 10.1 Å². The smallest absolute Gasteiger partial charge is 0.286 e. The number of nitrogens with one attached hydrogen (secondary N) is 1. The minimum atomic E-state index is -0.277. The standard InChI is InChI=1S/C19H18BrN3O2/c1-12(2)25-16-8-6-13(7-9-16)10-17-19(24)23-22-18(21-17)14-4-3-5-15(20)11-14/h3-9,11-12H,10H2,1-2H3,(H,23,24). The van der Waals surface area contributed by atoms with Gasteiger partial charge in [0.05, 0.1) is 6.10 Å². The van der Waals surface area contributed by atoms with Gasteiger partial charge in [-0.05, 0) is 43.7 Å². The van der Waals surface area contributed by atoms with E-state index in [4.69, 9.17) is 4.74 Å². The van der Waals surface area contributed by atoms with E-state index in [1.54, 1.807) is 0 Å². The van der Waals surface area contributed by atoms with Crippen LogP contribution in [0, 0.1) is 0 Å². The van der Waals surface area contributed by atoms with E-state index in [0.717, 1.165) is 21.3 Å².